The highest BCUT2D eigenvalue weighted by Crippen LogP contribution is 2.27. The Hall–Kier alpha value is -3.65. The summed E-state index contributed by atoms with van der Waals surface area (Å²) in [6.07, 6.45) is 5.10. The van der Waals surface area contributed by atoms with Crippen molar-refractivity contribution in [3.8, 4) is 5.69 Å². The molecule has 35 heavy (non-hydrogen) atoms. The fourth-order valence-corrected chi connectivity index (χ4v) is 5.23. The quantitative estimate of drug-likeness (QED) is 0.345. The summed E-state index contributed by atoms with van der Waals surface area (Å²) in [6, 6.07) is 25.6. The summed E-state index contributed by atoms with van der Waals surface area (Å²) in [5.74, 6) is 1.13. The molecule has 0 saturated carbocycles. The summed E-state index contributed by atoms with van der Waals surface area (Å²) in [5, 5.41) is 15.2. The third kappa shape index (κ3) is 5.71. The number of rotatable bonds is 7. The minimum Gasteiger partial charge on any atom is -0.372 e. The maximum absolute atomic E-state index is 13.1. The molecule has 2 heterocycles. The van der Waals surface area contributed by atoms with Crippen molar-refractivity contribution < 1.29 is 4.79 Å². The second-order valence-corrected chi connectivity index (χ2v) is 9.55. The number of carbonyl (C=O) groups excluding carboxylic acids is 1. The summed E-state index contributed by atoms with van der Waals surface area (Å²) in [4.78, 5) is 16.5. The van der Waals surface area contributed by atoms with Crippen LogP contribution in [0, 0.1) is 0 Å². The number of thioether (sulfide) groups is 1. The molecule has 3 aromatic carbocycles. The molecule has 1 aliphatic rings. The highest BCUT2D eigenvalue weighted by Gasteiger charge is 2.15. The van der Waals surface area contributed by atoms with E-state index >= 15 is 0 Å². The van der Waals surface area contributed by atoms with Gasteiger partial charge >= 0.3 is 0 Å². The smallest absolute Gasteiger partial charge is 0.256 e. The maximum atomic E-state index is 13.1. The molecule has 0 spiro atoms. The molecule has 1 aliphatic heterocycles. The van der Waals surface area contributed by atoms with Crippen LogP contribution in [0.25, 0.3) is 5.69 Å². The number of hydrogen-bond donors (Lipinski definition) is 1. The van der Waals surface area contributed by atoms with Crippen molar-refractivity contribution in [1.82, 2.24) is 20.2 Å². The molecule has 0 bridgehead atoms. The van der Waals surface area contributed by atoms with Crippen LogP contribution in [-0.2, 0) is 5.75 Å². The highest BCUT2D eigenvalue weighted by atomic mass is 32.2. The first-order valence-corrected chi connectivity index (χ1v) is 13.0. The van der Waals surface area contributed by atoms with E-state index in [0.717, 1.165) is 35.2 Å². The number of para-hydroxylation sites is 1. The van der Waals surface area contributed by atoms with Crippen LogP contribution in [0.4, 0.5) is 11.4 Å². The van der Waals surface area contributed by atoms with E-state index in [1.807, 2.05) is 66.7 Å². The number of nitrogens with one attached hydrogen (secondary N) is 1. The van der Waals surface area contributed by atoms with Gasteiger partial charge in [0.25, 0.3) is 5.91 Å². The first kappa shape index (κ1) is 23.1. The van der Waals surface area contributed by atoms with Gasteiger partial charge < -0.3 is 10.2 Å². The van der Waals surface area contributed by atoms with Gasteiger partial charge in [-0.3, -0.25) is 4.79 Å². The number of nitrogens with zero attached hydrogens (tertiary/aromatic N) is 5. The lowest BCUT2D eigenvalue weighted by Gasteiger charge is -2.22. The zero-order chi connectivity index (χ0) is 23.9. The van der Waals surface area contributed by atoms with E-state index in [-0.39, 0.29) is 5.91 Å². The van der Waals surface area contributed by atoms with Crippen molar-refractivity contribution in [2.45, 2.75) is 36.3 Å². The normalized spacial score (nSPS) is 13.9. The summed E-state index contributed by atoms with van der Waals surface area (Å²) in [6.45, 7) is 2.20. The second kappa shape index (κ2) is 11.2. The Balaban J connectivity index is 1.25. The standard InChI is InChI=1S/C27H28N6OS/c34-27(28-21-14-16-22(17-15-21)32-18-8-1-2-9-19-32)24-12-6-7-13-25(24)35-20-26-29-30-31-33(26)23-10-4-3-5-11-23/h3-7,10-17H,1-2,8-9,18-20H2,(H,28,34). The van der Waals surface area contributed by atoms with Gasteiger partial charge in [-0.05, 0) is 71.8 Å². The number of tetrazole rings is 1. The first-order chi connectivity index (χ1) is 17.3. The Labute approximate surface area is 209 Å². The van der Waals surface area contributed by atoms with Gasteiger partial charge in [0.05, 0.1) is 17.0 Å². The van der Waals surface area contributed by atoms with E-state index in [0.29, 0.717) is 11.3 Å². The van der Waals surface area contributed by atoms with Crippen LogP contribution in [0.15, 0.2) is 83.8 Å². The SMILES string of the molecule is O=C(Nc1ccc(N2CCCCCC2)cc1)c1ccccc1SCc1nnnn1-c1ccccc1. The van der Waals surface area contributed by atoms with Crippen LogP contribution in [0.1, 0.15) is 41.9 Å². The molecule has 7 nitrogen and oxygen atoms in total. The second-order valence-electron chi connectivity index (χ2n) is 8.53. The van der Waals surface area contributed by atoms with Gasteiger partial charge in [0.15, 0.2) is 5.82 Å². The minimum atomic E-state index is -0.127. The monoisotopic (exact) mass is 484 g/mol. The Morgan fingerprint density at radius 1 is 0.829 bits per heavy atom. The van der Waals surface area contributed by atoms with Crippen LogP contribution in [0.2, 0.25) is 0 Å². The molecule has 0 aliphatic carbocycles. The number of aromatic nitrogens is 4. The third-order valence-corrected chi connectivity index (χ3v) is 7.19. The Kier molecular flexibility index (Phi) is 7.38. The molecule has 0 unspecified atom stereocenters. The van der Waals surface area contributed by atoms with Gasteiger partial charge in [0, 0.05) is 29.4 Å². The number of hydrogen-bond acceptors (Lipinski definition) is 6. The fraction of sp³-hybridized carbons (Fsp3) is 0.259. The zero-order valence-corrected chi connectivity index (χ0v) is 20.3. The topological polar surface area (TPSA) is 75.9 Å². The summed E-state index contributed by atoms with van der Waals surface area (Å²) in [7, 11) is 0. The van der Waals surface area contributed by atoms with E-state index < -0.39 is 0 Å². The molecule has 1 N–H and O–H groups in total. The van der Waals surface area contributed by atoms with Crippen LogP contribution >= 0.6 is 11.8 Å². The third-order valence-electron chi connectivity index (χ3n) is 6.12. The Bertz CT molecular complexity index is 1250. The molecular weight excluding hydrogens is 456 g/mol. The van der Waals surface area contributed by atoms with Crippen molar-refractivity contribution in [2.75, 3.05) is 23.3 Å². The van der Waals surface area contributed by atoms with E-state index in [4.69, 9.17) is 0 Å². The molecule has 5 rings (SSSR count). The number of amides is 1. The molecule has 1 aromatic heterocycles. The van der Waals surface area contributed by atoms with E-state index in [9.17, 15) is 4.79 Å². The van der Waals surface area contributed by atoms with Gasteiger partial charge in [0.1, 0.15) is 0 Å². The number of anilines is 2. The lowest BCUT2D eigenvalue weighted by molar-refractivity contribution is 0.102. The lowest BCUT2D eigenvalue weighted by Crippen LogP contribution is -2.23. The van der Waals surface area contributed by atoms with E-state index in [1.165, 1.54) is 31.4 Å². The van der Waals surface area contributed by atoms with Crippen molar-refractivity contribution in [3.05, 3.63) is 90.3 Å². The summed E-state index contributed by atoms with van der Waals surface area (Å²) in [5.41, 5.74) is 3.55. The largest absolute Gasteiger partial charge is 0.372 e. The number of carbonyl (C=O) groups is 1. The predicted molar refractivity (Wildman–Crippen MR) is 140 cm³/mol. The van der Waals surface area contributed by atoms with Gasteiger partial charge in [-0.25, -0.2) is 0 Å². The Morgan fingerprint density at radius 2 is 1.54 bits per heavy atom. The molecule has 1 amide bonds. The van der Waals surface area contributed by atoms with Crippen LogP contribution < -0.4 is 10.2 Å². The molecule has 4 aromatic rings. The van der Waals surface area contributed by atoms with Gasteiger partial charge in [-0.1, -0.05) is 43.2 Å². The van der Waals surface area contributed by atoms with Crippen molar-refractivity contribution in [2.24, 2.45) is 0 Å². The average Bonchev–Trinajstić information content (AvgIpc) is 3.21. The van der Waals surface area contributed by atoms with Gasteiger partial charge in [0.2, 0.25) is 0 Å². The molecule has 1 fully saturated rings. The minimum absolute atomic E-state index is 0.127. The van der Waals surface area contributed by atoms with Gasteiger partial charge in [-0.15, -0.1) is 16.9 Å². The van der Waals surface area contributed by atoms with Crippen LogP contribution in [0.3, 0.4) is 0 Å². The molecule has 0 radical (unpaired) electrons. The van der Waals surface area contributed by atoms with Gasteiger partial charge in [-0.2, -0.15) is 4.68 Å². The van der Waals surface area contributed by atoms with Crippen molar-refractivity contribution in [1.29, 1.82) is 0 Å². The average molecular weight is 485 g/mol. The predicted octanol–water partition coefficient (Wildman–Crippen LogP) is 5.59. The number of benzene rings is 3. The molecule has 0 atom stereocenters. The molecule has 1 saturated heterocycles. The van der Waals surface area contributed by atoms with E-state index in [2.05, 4.69) is 37.9 Å². The fourth-order valence-electron chi connectivity index (χ4n) is 4.27. The van der Waals surface area contributed by atoms with Crippen LogP contribution in [-0.4, -0.2) is 39.2 Å². The maximum Gasteiger partial charge on any atom is 0.256 e. The molecule has 178 valence electrons. The molecule has 8 heteroatoms. The Morgan fingerprint density at radius 3 is 2.31 bits per heavy atom. The van der Waals surface area contributed by atoms with E-state index in [1.54, 1.807) is 16.4 Å². The highest BCUT2D eigenvalue weighted by molar-refractivity contribution is 7.98. The lowest BCUT2D eigenvalue weighted by atomic mass is 10.2. The zero-order valence-electron chi connectivity index (χ0n) is 19.5. The van der Waals surface area contributed by atoms with Crippen molar-refractivity contribution in [3.63, 3.8) is 0 Å². The van der Waals surface area contributed by atoms with Crippen LogP contribution in [0.5, 0.6) is 0 Å². The molecular formula is C27H28N6OS. The first-order valence-electron chi connectivity index (χ1n) is 12.0. The summed E-state index contributed by atoms with van der Waals surface area (Å²) < 4.78 is 1.72. The van der Waals surface area contributed by atoms with Crippen molar-refractivity contribution >= 4 is 29.0 Å². The summed E-state index contributed by atoms with van der Waals surface area (Å²) >= 11 is 1.54.